The second-order valence-corrected chi connectivity index (χ2v) is 4.86. The summed E-state index contributed by atoms with van der Waals surface area (Å²) in [5.74, 6) is 2.82. The molecule has 1 aliphatic carbocycles. The molecule has 1 aliphatic rings. The molecule has 0 radical (unpaired) electrons. The Kier molecular flexibility index (Phi) is 3.44. The number of hydrogen-bond donors (Lipinski definition) is 2. The van der Waals surface area contributed by atoms with Gasteiger partial charge < -0.3 is 5.73 Å². The standard InChI is InChI=1S/C9H18N2S/c1-2-5-12-7-9(3-4-9)6-8(10)11/h2-7H2,1H3,(H3,10,11). The summed E-state index contributed by atoms with van der Waals surface area (Å²) in [5, 5.41) is 7.24. The van der Waals surface area contributed by atoms with Gasteiger partial charge in [0.25, 0.3) is 0 Å². The van der Waals surface area contributed by atoms with Crippen molar-refractivity contribution in [1.29, 1.82) is 5.41 Å². The summed E-state index contributed by atoms with van der Waals surface area (Å²) in [6.07, 6.45) is 4.64. The van der Waals surface area contributed by atoms with Gasteiger partial charge in [-0.3, -0.25) is 5.41 Å². The van der Waals surface area contributed by atoms with E-state index in [1.807, 2.05) is 11.8 Å². The van der Waals surface area contributed by atoms with Crippen LogP contribution in [0, 0.1) is 10.8 Å². The zero-order valence-electron chi connectivity index (χ0n) is 7.73. The molecule has 1 saturated carbocycles. The average Bonchev–Trinajstić information content (AvgIpc) is 2.69. The van der Waals surface area contributed by atoms with Gasteiger partial charge in [-0.15, -0.1) is 0 Å². The van der Waals surface area contributed by atoms with Crippen LogP contribution in [-0.2, 0) is 0 Å². The van der Waals surface area contributed by atoms with Gasteiger partial charge in [0, 0.05) is 6.42 Å². The van der Waals surface area contributed by atoms with Crippen LogP contribution in [0.15, 0.2) is 0 Å². The lowest BCUT2D eigenvalue weighted by atomic mass is 10.1. The minimum atomic E-state index is 0.365. The second-order valence-electron chi connectivity index (χ2n) is 3.75. The third-order valence-electron chi connectivity index (χ3n) is 2.28. The number of nitrogens with one attached hydrogen (secondary N) is 1. The van der Waals surface area contributed by atoms with Crippen LogP contribution in [-0.4, -0.2) is 17.3 Å². The summed E-state index contributed by atoms with van der Waals surface area (Å²) in [4.78, 5) is 0. The van der Waals surface area contributed by atoms with E-state index in [9.17, 15) is 0 Å². The van der Waals surface area contributed by atoms with Crippen molar-refractivity contribution in [2.75, 3.05) is 11.5 Å². The van der Waals surface area contributed by atoms with E-state index in [4.69, 9.17) is 11.1 Å². The van der Waals surface area contributed by atoms with Gasteiger partial charge in [-0.25, -0.2) is 0 Å². The van der Waals surface area contributed by atoms with E-state index < -0.39 is 0 Å². The molecular weight excluding hydrogens is 168 g/mol. The lowest BCUT2D eigenvalue weighted by molar-refractivity contribution is 0.612. The molecule has 0 unspecified atom stereocenters. The Labute approximate surface area is 78.8 Å². The van der Waals surface area contributed by atoms with Gasteiger partial charge in [0.05, 0.1) is 5.84 Å². The van der Waals surface area contributed by atoms with Crippen molar-refractivity contribution >= 4 is 17.6 Å². The maximum absolute atomic E-state index is 7.24. The lowest BCUT2D eigenvalue weighted by Gasteiger charge is -2.12. The summed E-state index contributed by atoms with van der Waals surface area (Å²) in [7, 11) is 0. The van der Waals surface area contributed by atoms with Crippen LogP contribution in [0.5, 0.6) is 0 Å². The fourth-order valence-corrected chi connectivity index (χ4v) is 2.64. The SMILES string of the molecule is CCCSCC1(CC(=N)N)CC1. The van der Waals surface area contributed by atoms with Crippen molar-refractivity contribution in [2.45, 2.75) is 32.6 Å². The maximum atomic E-state index is 7.24. The highest BCUT2D eigenvalue weighted by Gasteiger charge is 2.42. The summed E-state index contributed by atoms with van der Waals surface area (Å²) < 4.78 is 0. The molecule has 0 aliphatic heterocycles. The van der Waals surface area contributed by atoms with Crippen LogP contribution >= 0.6 is 11.8 Å². The number of amidine groups is 1. The molecule has 0 heterocycles. The molecule has 0 aromatic heterocycles. The van der Waals surface area contributed by atoms with E-state index in [-0.39, 0.29) is 0 Å². The number of hydrogen-bond acceptors (Lipinski definition) is 2. The molecule has 0 saturated heterocycles. The first kappa shape index (κ1) is 9.90. The molecule has 0 atom stereocenters. The summed E-state index contributed by atoms with van der Waals surface area (Å²) in [6.45, 7) is 2.21. The maximum Gasteiger partial charge on any atom is 0.0911 e. The molecule has 2 nitrogen and oxygen atoms in total. The molecule has 0 aromatic carbocycles. The van der Waals surface area contributed by atoms with Crippen LogP contribution in [0.3, 0.4) is 0 Å². The fraction of sp³-hybridized carbons (Fsp3) is 0.889. The van der Waals surface area contributed by atoms with Crippen molar-refractivity contribution in [3.05, 3.63) is 0 Å². The molecule has 0 aromatic rings. The molecule has 0 spiro atoms. The quantitative estimate of drug-likeness (QED) is 0.380. The smallest absolute Gasteiger partial charge is 0.0911 e. The highest BCUT2D eigenvalue weighted by atomic mass is 32.2. The van der Waals surface area contributed by atoms with Crippen LogP contribution < -0.4 is 5.73 Å². The van der Waals surface area contributed by atoms with Crippen molar-refractivity contribution < 1.29 is 0 Å². The Hall–Kier alpha value is -0.180. The molecule has 0 amide bonds. The van der Waals surface area contributed by atoms with Gasteiger partial charge >= 0.3 is 0 Å². The van der Waals surface area contributed by atoms with Crippen LogP contribution in [0.1, 0.15) is 32.6 Å². The highest BCUT2D eigenvalue weighted by molar-refractivity contribution is 7.99. The first-order valence-corrected chi connectivity index (χ1v) is 5.75. The van der Waals surface area contributed by atoms with E-state index in [0.29, 0.717) is 11.3 Å². The Morgan fingerprint density at radius 2 is 2.25 bits per heavy atom. The molecule has 12 heavy (non-hydrogen) atoms. The van der Waals surface area contributed by atoms with Crippen LogP contribution in [0.4, 0.5) is 0 Å². The van der Waals surface area contributed by atoms with E-state index >= 15 is 0 Å². The van der Waals surface area contributed by atoms with Crippen molar-refractivity contribution in [3.63, 3.8) is 0 Å². The Balaban J connectivity index is 2.16. The molecule has 0 bridgehead atoms. The second kappa shape index (κ2) is 4.17. The van der Waals surface area contributed by atoms with Crippen molar-refractivity contribution in [2.24, 2.45) is 11.1 Å². The Morgan fingerprint density at radius 1 is 1.58 bits per heavy atom. The zero-order chi connectivity index (χ0) is 9.03. The molecular formula is C9H18N2S. The van der Waals surface area contributed by atoms with Crippen LogP contribution in [0.25, 0.3) is 0 Å². The minimum Gasteiger partial charge on any atom is -0.388 e. The van der Waals surface area contributed by atoms with Gasteiger partial charge in [-0.1, -0.05) is 6.92 Å². The lowest BCUT2D eigenvalue weighted by Crippen LogP contribution is -2.18. The highest BCUT2D eigenvalue weighted by Crippen LogP contribution is 2.50. The summed E-state index contributed by atoms with van der Waals surface area (Å²) in [5.41, 5.74) is 5.83. The third-order valence-corrected chi connectivity index (χ3v) is 3.79. The molecule has 70 valence electrons. The monoisotopic (exact) mass is 186 g/mol. The Morgan fingerprint density at radius 3 is 2.67 bits per heavy atom. The van der Waals surface area contributed by atoms with Gasteiger partial charge in [-0.2, -0.15) is 11.8 Å². The molecule has 1 fully saturated rings. The number of thioether (sulfide) groups is 1. The first-order chi connectivity index (χ1) is 5.68. The average molecular weight is 186 g/mol. The van der Waals surface area contributed by atoms with Gasteiger partial charge in [-0.05, 0) is 36.2 Å². The molecule has 3 N–H and O–H groups in total. The zero-order valence-corrected chi connectivity index (χ0v) is 8.54. The third kappa shape index (κ3) is 3.05. The predicted molar refractivity (Wildman–Crippen MR) is 55.8 cm³/mol. The Bertz CT molecular complexity index is 164. The number of nitrogens with two attached hydrogens (primary N) is 1. The first-order valence-electron chi connectivity index (χ1n) is 4.59. The van der Waals surface area contributed by atoms with Crippen molar-refractivity contribution in [1.82, 2.24) is 0 Å². The van der Waals surface area contributed by atoms with Crippen molar-refractivity contribution in [3.8, 4) is 0 Å². The van der Waals surface area contributed by atoms with E-state index in [1.54, 1.807) is 0 Å². The van der Waals surface area contributed by atoms with E-state index in [2.05, 4.69) is 6.92 Å². The van der Waals surface area contributed by atoms with Crippen LogP contribution in [0.2, 0.25) is 0 Å². The number of rotatable bonds is 6. The molecule has 1 rings (SSSR count). The fourth-order valence-electron chi connectivity index (χ4n) is 1.39. The topological polar surface area (TPSA) is 49.9 Å². The minimum absolute atomic E-state index is 0.365. The molecule has 3 heteroatoms. The normalized spacial score (nSPS) is 19.1. The summed E-state index contributed by atoms with van der Waals surface area (Å²) >= 11 is 2.01. The summed E-state index contributed by atoms with van der Waals surface area (Å²) in [6, 6.07) is 0. The van der Waals surface area contributed by atoms with Gasteiger partial charge in [0.15, 0.2) is 0 Å². The van der Waals surface area contributed by atoms with E-state index in [1.165, 1.54) is 30.8 Å². The van der Waals surface area contributed by atoms with Gasteiger partial charge in [0.2, 0.25) is 0 Å². The predicted octanol–water partition coefficient (Wildman–Crippen LogP) is 2.24. The van der Waals surface area contributed by atoms with Gasteiger partial charge in [0.1, 0.15) is 0 Å². The largest absolute Gasteiger partial charge is 0.388 e. The van der Waals surface area contributed by atoms with E-state index in [0.717, 1.165) is 6.42 Å².